The maximum atomic E-state index is 12.3. The van der Waals surface area contributed by atoms with Crippen LogP contribution in [-0.2, 0) is 14.2 Å². The molecule has 0 radical (unpaired) electrons. The van der Waals surface area contributed by atoms with Gasteiger partial charge in [-0.1, -0.05) is 35.9 Å². The highest BCUT2D eigenvalue weighted by atomic mass is 35.5. The number of methoxy groups -OCH3 is 2. The second kappa shape index (κ2) is 10.0. The van der Waals surface area contributed by atoms with Crippen LogP contribution in [0.3, 0.4) is 0 Å². The summed E-state index contributed by atoms with van der Waals surface area (Å²) in [4.78, 5) is 20.2. The first-order chi connectivity index (χ1) is 15.5. The van der Waals surface area contributed by atoms with Gasteiger partial charge in [-0.15, -0.1) is 11.3 Å². The first-order valence-electron chi connectivity index (χ1n) is 10.3. The monoisotopic (exact) mass is 472 g/mol. The third kappa shape index (κ3) is 4.66. The average molecular weight is 473 g/mol. The van der Waals surface area contributed by atoms with E-state index in [0.717, 1.165) is 26.8 Å². The Morgan fingerprint density at radius 2 is 1.97 bits per heavy atom. The predicted octanol–water partition coefficient (Wildman–Crippen LogP) is 5.15. The summed E-state index contributed by atoms with van der Waals surface area (Å²) in [5.41, 5.74) is 3.32. The van der Waals surface area contributed by atoms with Crippen molar-refractivity contribution in [3.8, 4) is 10.6 Å². The number of thiazole rings is 1. The zero-order valence-corrected chi connectivity index (χ0v) is 19.8. The number of halogens is 1. The van der Waals surface area contributed by atoms with Crippen LogP contribution in [0.25, 0.3) is 10.6 Å². The van der Waals surface area contributed by atoms with Gasteiger partial charge in [-0.25, -0.2) is 9.78 Å². The van der Waals surface area contributed by atoms with Crippen LogP contribution in [0.1, 0.15) is 27.0 Å². The van der Waals surface area contributed by atoms with E-state index in [1.165, 1.54) is 7.11 Å². The van der Waals surface area contributed by atoms with Gasteiger partial charge in [0.25, 0.3) is 0 Å². The van der Waals surface area contributed by atoms with Gasteiger partial charge in [0.2, 0.25) is 0 Å². The van der Waals surface area contributed by atoms with E-state index in [-0.39, 0.29) is 18.2 Å². The molecule has 8 heteroatoms. The maximum Gasteiger partial charge on any atom is 0.339 e. The lowest BCUT2D eigenvalue weighted by Gasteiger charge is -2.38. The molecule has 2 aromatic carbocycles. The highest BCUT2D eigenvalue weighted by Crippen LogP contribution is 2.37. The number of morpholine rings is 1. The molecule has 168 valence electrons. The van der Waals surface area contributed by atoms with Crippen molar-refractivity contribution in [2.75, 3.05) is 38.8 Å². The predicted molar refractivity (Wildman–Crippen MR) is 127 cm³/mol. The summed E-state index contributed by atoms with van der Waals surface area (Å²) in [6, 6.07) is 15.1. The molecular formula is C24H25ClN2O4S. The standard InChI is InChI=1S/C24H25ClN2O4S/c1-15-22(32-23(26-15)16-8-10-17(25)11-9-16)21(29-2)20-14-27(12-13-31-20)19-7-5-4-6-18(19)24(28)30-3/h4-11,20-21H,12-14H2,1-3H3. The molecule has 4 rings (SSSR count). The molecule has 2 unspecified atom stereocenters. The molecular weight excluding hydrogens is 448 g/mol. The summed E-state index contributed by atoms with van der Waals surface area (Å²) in [6.45, 7) is 3.78. The molecule has 32 heavy (non-hydrogen) atoms. The fraction of sp³-hybridized carbons (Fsp3) is 0.333. The third-order valence-corrected chi connectivity index (χ3v) is 7.04. The molecule has 1 aromatic heterocycles. The van der Waals surface area contributed by atoms with Crippen molar-refractivity contribution in [3.05, 3.63) is 69.7 Å². The highest BCUT2D eigenvalue weighted by Gasteiger charge is 2.33. The van der Waals surface area contributed by atoms with Crippen molar-refractivity contribution < 1.29 is 19.0 Å². The normalized spacial score (nSPS) is 17.2. The van der Waals surface area contributed by atoms with Crippen molar-refractivity contribution in [2.24, 2.45) is 0 Å². The summed E-state index contributed by atoms with van der Waals surface area (Å²) in [5.74, 6) is -0.349. The van der Waals surface area contributed by atoms with E-state index in [9.17, 15) is 4.79 Å². The van der Waals surface area contributed by atoms with E-state index in [0.29, 0.717) is 30.3 Å². The zero-order chi connectivity index (χ0) is 22.7. The molecule has 0 bridgehead atoms. The first kappa shape index (κ1) is 22.7. The summed E-state index contributed by atoms with van der Waals surface area (Å²) < 4.78 is 17.0. The number of para-hydroxylation sites is 1. The number of carbonyl (C=O) groups excluding carboxylic acids is 1. The minimum atomic E-state index is -0.349. The number of esters is 1. The van der Waals surface area contributed by atoms with Crippen LogP contribution in [0.5, 0.6) is 0 Å². The van der Waals surface area contributed by atoms with E-state index >= 15 is 0 Å². The number of aromatic nitrogens is 1. The minimum absolute atomic E-state index is 0.211. The second-order valence-electron chi connectivity index (χ2n) is 7.50. The van der Waals surface area contributed by atoms with Crippen LogP contribution in [0.15, 0.2) is 48.5 Å². The Kier molecular flexibility index (Phi) is 7.10. The number of anilines is 1. The van der Waals surface area contributed by atoms with Gasteiger partial charge in [-0.2, -0.15) is 0 Å². The van der Waals surface area contributed by atoms with Crippen LogP contribution < -0.4 is 4.90 Å². The first-order valence-corrected chi connectivity index (χ1v) is 11.5. The molecule has 1 aliphatic heterocycles. The number of nitrogens with zero attached hydrogens (tertiary/aromatic N) is 2. The van der Waals surface area contributed by atoms with Gasteiger partial charge in [0.05, 0.1) is 35.5 Å². The summed E-state index contributed by atoms with van der Waals surface area (Å²) in [7, 11) is 3.09. The molecule has 1 aliphatic rings. The Bertz CT molecular complexity index is 1090. The lowest BCUT2D eigenvalue weighted by atomic mass is 10.1. The van der Waals surface area contributed by atoms with Crippen LogP contribution >= 0.6 is 22.9 Å². The quantitative estimate of drug-likeness (QED) is 0.462. The van der Waals surface area contributed by atoms with E-state index in [2.05, 4.69) is 4.90 Å². The van der Waals surface area contributed by atoms with Crippen molar-refractivity contribution in [3.63, 3.8) is 0 Å². The lowest BCUT2D eigenvalue weighted by Crippen LogP contribution is -2.46. The largest absolute Gasteiger partial charge is 0.465 e. The fourth-order valence-electron chi connectivity index (χ4n) is 3.93. The topological polar surface area (TPSA) is 60.9 Å². The minimum Gasteiger partial charge on any atom is -0.465 e. The fourth-order valence-corrected chi connectivity index (χ4v) is 5.25. The molecule has 1 saturated heterocycles. The van der Waals surface area contributed by atoms with E-state index in [1.54, 1.807) is 24.5 Å². The molecule has 2 atom stereocenters. The number of hydrogen-bond acceptors (Lipinski definition) is 7. The number of aryl methyl sites for hydroxylation is 1. The summed E-state index contributed by atoms with van der Waals surface area (Å²) in [6.07, 6.45) is -0.488. The summed E-state index contributed by atoms with van der Waals surface area (Å²) in [5, 5.41) is 1.61. The SMILES string of the molecule is COC(=O)c1ccccc1N1CCOC(C(OC)c2sc(-c3ccc(Cl)cc3)nc2C)C1. The molecule has 3 aromatic rings. The summed E-state index contributed by atoms with van der Waals surface area (Å²) >= 11 is 7.63. The Labute approximate surface area is 196 Å². The Balaban J connectivity index is 1.59. The van der Waals surface area contributed by atoms with E-state index in [4.69, 9.17) is 30.8 Å². The van der Waals surface area contributed by atoms with Crippen molar-refractivity contribution in [1.29, 1.82) is 0 Å². The van der Waals surface area contributed by atoms with Crippen molar-refractivity contribution >= 4 is 34.6 Å². The number of hydrogen-bond donors (Lipinski definition) is 0. The van der Waals surface area contributed by atoms with Crippen molar-refractivity contribution in [1.82, 2.24) is 4.98 Å². The number of rotatable bonds is 6. The molecule has 0 spiro atoms. The van der Waals surface area contributed by atoms with E-state index in [1.807, 2.05) is 49.4 Å². The van der Waals surface area contributed by atoms with Gasteiger partial charge >= 0.3 is 5.97 Å². The highest BCUT2D eigenvalue weighted by molar-refractivity contribution is 7.15. The Hall–Kier alpha value is -2.45. The Morgan fingerprint density at radius 3 is 2.69 bits per heavy atom. The second-order valence-corrected chi connectivity index (χ2v) is 8.96. The van der Waals surface area contributed by atoms with Crippen LogP contribution in [0, 0.1) is 6.92 Å². The molecule has 2 heterocycles. The molecule has 6 nitrogen and oxygen atoms in total. The number of carbonyl (C=O) groups is 1. The van der Waals surface area contributed by atoms with Crippen LogP contribution in [0.4, 0.5) is 5.69 Å². The molecule has 1 fully saturated rings. The van der Waals surface area contributed by atoms with Gasteiger partial charge in [0.15, 0.2) is 0 Å². The Morgan fingerprint density at radius 1 is 1.22 bits per heavy atom. The van der Waals surface area contributed by atoms with E-state index < -0.39 is 0 Å². The number of benzene rings is 2. The van der Waals surface area contributed by atoms with Gasteiger partial charge in [0.1, 0.15) is 17.2 Å². The molecule has 0 aliphatic carbocycles. The lowest BCUT2D eigenvalue weighted by molar-refractivity contribution is -0.0629. The third-order valence-electron chi connectivity index (χ3n) is 5.52. The van der Waals surface area contributed by atoms with Gasteiger partial charge in [-0.05, 0) is 31.2 Å². The number of ether oxygens (including phenoxy) is 3. The van der Waals surface area contributed by atoms with Gasteiger partial charge in [0, 0.05) is 30.8 Å². The van der Waals surface area contributed by atoms with Crippen LogP contribution in [0.2, 0.25) is 5.02 Å². The molecule has 0 N–H and O–H groups in total. The molecule has 0 saturated carbocycles. The average Bonchev–Trinajstić information content (AvgIpc) is 3.21. The smallest absolute Gasteiger partial charge is 0.339 e. The van der Waals surface area contributed by atoms with Gasteiger partial charge in [-0.3, -0.25) is 0 Å². The molecule has 0 amide bonds. The van der Waals surface area contributed by atoms with Crippen LogP contribution in [-0.4, -0.2) is 51.0 Å². The van der Waals surface area contributed by atoms with Gasteiger partial charge < -0.3 is 19.1 Å². The van der Waals surface area contributed by atoms with Crippen molar-refractivity contribution in [2.45, 2.75) is 19.1 Å². The zero-order valence-electron chi connectivity index (χ0n) is 18.2. The maximum absolute atomic E-state index is 12.3.